The van der Waals surface area contributed by atoms with E-state index in [-0.39, 0.29) is 0 Å². The molecule has 0 atom stereocenters. The lowest BCUT2D eigenvalue weighted by Crippen LogP contribution is -2.01. The van der Waals surface area contributed by atoms with Crippen LogP contribution in [0.15, 0.2) is 48.5 Å². The molecule has 0 aliphatic rings. The van der Waals surface area contributed by atoms with Gasteiger partial charge in [-0.1, -0.05) is 18.2 Å². The van der Waals surface area contributed by atoms with E-state index in [0.29, 0.717) is 5.95 Å². The second-order valence-electron chi connectivity index (χ2n) is 4.30. The average Bonchev–Trinajstić information content (AvgIpc) is 2.47. The molecule has 0 radical (unpaired) electrons. The number of fused-ring (bicyclic) bond motifs is 1. The monoisotopic (exact) mass is 376 g/mol. The van der Waals surface area contributed by atoms with Crippen molar-refractivity contribution in [3.63, 3.8) is 0 Å². The van der Waals surface area contributed by atoms with Gasteiger partial charge >= 0.3 is 0 Å². The molecule has 100 valence electrons. The van der Waals surface area contributed by atoms with Crippen molar-refractivity contribution in [2.24, 2.45) is 0 Å². The van der Waals surface area contributed by atoms with Crippen LogP contribution in [0.4, 0.5) is 17.5 Å². The van der Waals surface area contributed by atoms with Crippen molar-refractivity contribution in [3.05, 3.63) is 52.1 Å². The van der Waals surface area contributed by atoms with Gasteiger partial charge in [0.05, 0.1) is 5.52 Å². The Kier molecular flexibility index (Phi) is 3.68. The molecule has 0 saturated heterocycles. The van der Waals surface area contributed by atoms with Gasteiger partial charge in [-0.3, -0.25) is 0 Å². The number of hydrogen-bond donors (Lipinski definition) is 2. The molecule has 0 bridgehead atoms. The second kappa shape index (κ2) is 5.62. The summed E-state index contributed by atoms with van der Waals surface area (Å²) in [7, 11) is 1.82. The quantitative estimate of drug-likeness (QED) is 0.678. The van der Waals surface area contributed by atoms with Crippen LogP contribution in [0.25, 0.3) is 10.9 Å². The molecular formula is C15H13IN4. The zero-order valence-corrected chi connectivity index (χ0v) is 13.0. The maximum absolute atomic E-state index is 4.51. The minimum atomic E-state index is 0.608. The summed E-state index contributed by atoms with van der Waals surface area (Å²) in [5, 5.41) is 7.36. The first-order valence-electron chi connectivity index (χ1n) is 6.23. The maximum atomic E-state index is 4.51. The average molecular weight is 376 g/mol. The number of aromatic nitrogens is 2. The van der Waals surface area contributed by atoms with E-state index in [2.05, 4.69) is 55.3 Å². The molecule has 0 saturated carbocycles. The minimum absolute atomic E-state index is 0.608. The maximum Gasteiger partial charge on any atom is 0.224 e. The van der Waals surface area contributed by atoms with E-state index in [1.165, 1.54) is 3.57 Å². The van der Waals surface area contributed by atoms with E-state index in [9.17, 15) is 0 Å². The van der Waals surface area contributed by atoms with Crippen LogP contribution in [0.5, 0.6) is 0 Å². The van der Waals surface area contributed by atoms with Gasteiger partial charge in [-0.15, -0.1) is 0 Å². The molecule has 0 amide bonds. The largest absolute Gasteiger partial charge is 0.357 e. The molecule has 3 rings (SSSR count). The van der Waals surface area contributed by atoms with E-state index in [0.717, 1.165) is 22.4 Å². The Balaban J connectivity index is 2.10. The molecule has 0 aliphatic heterocycles. The van der Waals surface area contributed by atoms with E-state index in [4.69, 9.17) is 0 Å². The van der Waals surface area contributed by atoms with Gasteiger partial charge in [-0.05, 0) is 52.9 Å². The first-order chi connectivity index (χ1) is 9.76. The first kappa shape index (κ1) is 13.1. The summed E-state index contributed by atoms with van der Waals surface area (Å²) in [5.74, 6) is 1.42. The van der Waals surface area contributed by atoms with Gasteiger partial charge in [-0.25, -0.2) is 4.98 Å². The summed E-state index contributed by atoms with van der Waals surface area (Å²) >= 11 is 2.30. The highest BCUT2D eigenvalue weighted by molar-refractivity contribution is 14.1. The third-order valence-electron chi connectivity index (χ3n) is 2.91. The number of nitrogens with zero attached hydrogens (tertiary/aromatic N) is 2. The van der Waals surface area contributed by atoms with Crippen LogP contribution in [-0.2, 0) is 0 Å². The number of halogens is 1. The summed E-state index contributed by atoms with van der Waals surface area (Å²) in [6, 6.07) is 16.2. The molecule has 0 spiro atoms. The van der Waals surface area contributed by atoms with Crippen LogP contribution >= 0.6 is 22.6 Å². The van der Waals surface area contributed by atoms with Crippen molar-refractivity contribution >= 4 is 50.9 Å². The molecule has 4 nitrogen and oxygen atoms in total. The van der Waals surface area contributed by atoms with Gasteiger partial charge < -0.3 is 10.6 Å². The molecule has 20 heavy (non-hydrogen) atoms. The van der Waals surface area contributed by atoms with Crippen LogP contribution < -0.4 is 10.6 Å². The van der Waals surface area contributed by atoms with Crippen LogP contribution in [0.2, 0.25) is 0 Å². The zero-order chi connectivity index (χ0) is 13.9. The molecule has 0 fully saturated rings. The summed E-state index contributed by atoms with van der Waals surface area (Å²) in [6.45, 7) is 0. The summed E-state index contributed by atoms with van der Waals surface area (Å²) in [4.78, 5) is 8.96. The molecule has 3 aromatic rings. The van der Waals surface area contributed by atoms with Crippen molar-refractivity contribution in [2.45, 2.75) is 0 Å². The minimum Gasteiger partial charge on any atom is -0.357 e. The highest BCUT2D eigenvalue weighted by Gasteiger charge is 2.07. The number of benzene rings is 2. The highest BCUT2D eigenvalue weighted by Crippen LogP contribution is 2.25. The Morgan fingerprint density at radius 3 is 2.65 bits per heavy atom. The lowest BCUT2D eigenvalue weighted by Gasteiger charge is -2.10. The smallest absolute Gasteiger partial charge is 0.224 e. The zero-order valence-electron chi connectivity index (χ0n) is 10.9. The number of hydrogen-bond acceptors (Lipinski definition) is 4. The van der Waals surface area contributed by atoms with Crippen molar-refractivity contribution in [1.82, 2.24) is 9.97 Å². The van der Waals surface area contributed by atoms with Crippen LogP contribution in [-0.4, -0.2) is 17.0 Å². The topological polar surface area (TPSA) is 49.8 Å². The lowest BCUT2D eigenvalue weighted by molar-refractivity contribution is 1.19. The van der Waals surface area contributed by atoms with Gasteiger partial charge in [0.15, 0.2) is 0 Å². The predicted molar refractivity (Wildman–Crippen MR) is 91.5 cm³/mol. The van der Waals surface area contributed by atoms with Crippen molar-refractivity contribution < 1.29 is 0 Å². The first-order valence-corrected chi connectivity index (χ1v) is 7.31. The summed E-state index contributed by atoms with van der Waals surface area (Å²) < 4.78 is 1.18. The molecule has 1 heterocycles. The van der Waals surface area contributed by atoms with Crippen molar-refractivity contribution in [2.75, 3.05) is 17.7 Å². The Labute approximate surface area is 130 Å². The van der Waals surface area contributed by atoms with Crippen LogP contribution in [0.3, 0.4) is 0 Å². The predicted octanol–water partition coefficient (Wildman–Crippen LogP) is 4.02. The molecule has 1 aromatic heterocycles. The van der Waals surface area contributed by atoms with E-state index < -0.39 is 0 Å². The second-order valence-corrected chi connectivity index (χ2v) is 5.54. The third-order valence-corrected chi connectivity index (χ3v) is 3.59. The molecular weight excluding hydrogens is 363 g/mol. The van der Waals surface area contributed by atoms with Crippen molar-refractivity contribution in [3.8, 4) is 0 Å². The fourth-order valence-corrected chi connectivity index (χ4v) is 2.53. The fraction of sp³-hybridized carbons (Fsp3) is 0.0667. The van der Waals surface area contributed by atoms with E-state index >= 15 is 0 Å². The van der Waals surface area contributed by atoms with E-state index in [1.54, 1.807) is 0 Å². The number of para-hydroxylation sites is 1. The van der Waals surface area contributed by atoms with Gasteiger partial charge in [0, 0.05) is 21.7 Å². The third kappa shape index (κ3) is 2.67. The number of nitrogens with one attached hydrogen (secondary N) is 2. The van der Waals surface area contributed by atoms with E-state index in [1.807, 2.05) is 43.4 Å². The molecule has 2 N–H and O–H groups in total. The normalized spacial score (nSPS) is 10.5. The van der Waals surface area contributed by atoms with Gasteiger partial charge in [-0.2, -0.15) is 4.98 Å². The molecule has 2 aromatic carbocycles. The van der Waals surface area contributed by atoms with Crippen LogP contribution in [0, 0.1) is 3.57 Å². The lowest BCUT2D eigenvalue weighted by atomic mass is 10.2. The molecule has 5 heteroatoms. The Hall–Kier alpha value is -1.89. The Morgan fingerprint density at radius 2 is 1.85 bits per heavy atom. The Bertz CT molecular complexity index is 758. The molecule has 0 aliphatic carbocycles. The van der Waals surface area contributed by atoms with Crippen molar-refractivity contribution in [1.29, 1.82) is 0 Å². The van der Waals surface area contributed by atoms with Gasteiger partial charge in [0.1, 0.15) is 5.82 Å². The molecule has 0 unspecified atom stereocenters. The fourth-order valence-electron chi connectivity index (χ4n) is 1.99. The standard InChI is InChI=1S/C15H13IN4/c1-17-15-19-13-8-3-2-7-12(13)14(20-15)18-11-6-4-5-10(16)9-11/h2-9H,1H3,(H2,17,18,19,20). The number of anilines is 3. The van der Waals surface area contributed by atoms with Gasteiger partial charge in [0.25, 0.3) is 0 Å². The highest BCUT2D eigenvalue weighted by atomic mass is 127. The van der Waals surface area contributed by atoms with Gasteiger partial charge in [0.2, 0.25) is 5.95 Å². The SMILES string of the molecule is CNc1nc(Nc2cccc(I)c2)c2ccccc2n1. The summed E-state index contributed by atoms with van der Waals surface area (Å²) in [6.07, 6.45) is 0. The van der Waals surface area contributed by atoms with Crippen LogP contribution in [0.1, 0.15) is 0 Å². The Morgan fingerprint density at radius 1 is 1.00 bits per heavy atom. The summed E-state index contributed by atoms with van der Waals surface area (Å²) in [5.41, 5.74) is 1.93. The number of rotatable bonds is 3.